The van der Waals surface area contributed by atoms with Crippen molar-refractivity contribution >= 4 is 63.6 Å². The van der Waals surface area contributed by atoms with Crippen LogP contribution in [-0.4, -0.2) is 36.1 Å². The number of amides is 3. The molecule has 0 fully saturated rings. The standard InChI is InChI=1S/C33H31N3O6S2/c1-20(29(37)36-32-28(33(40)41-2)25-15-6-7-16-27(25)44-32)43-24-14-8-12-22(18-24)34-31(39)26(19-23-13-9-17-42-23)35-30(38)21-10-4-3-5-11-21/h3-5,8-14,17-20H,6-7,15-16H2,1-2H3,(H,34,39)(H,35,38)(H,36,37)/b26-19-. The average Bonchev–Trinajstić information content (AvgIpc) is 3.68. The molecule has 226 valence electrons. The van der Waals surface area contributed by atoms with Crippen LogP contribution in [-0.2, 0) is 27.2 Å². The van der Waals surface area contributed by atoms with Gasteiger partial charge in [-0.3, -0.25) is 14.4 Å². The summed E-state index contributed by atoms with van der Waals surface area (Å²) >= 11 is 2.75. The number of rotatable bonds is 10. The molecule has 3 amide bonds. The van der Waals surface area contributed by atoms with Crippen LogP contribution in [0, 0.1) is 0 Å². The normalized spacial score (nSPS) is 13.4. The Hall–Kier alpha value is -4.61. The highest BCUT2D eigenvalue weighted by Crippen LogP contribution is 2.39. The van der Waals surface area contributed by atoms with E-state index in [1.54, 1.807) is 67.6 Å². The first-order valence-corrected chi connectivity index (χ1v) is 15.8. The first-order valence-electron chi connectivity index (χ1n) is 14.1. The number of thioether (sulfide) groups is 1. The van der Waals surface area contributed by atoms with Gasteiger partial charge in [0.1, 0.15) is 16.5 Å². The fourth-order valence-electron chi connectivity index (χ4n) is 4.75. The number of ether oxygens (including phenoxy) is 1. The Balaban J connectivity index is 1.27. The van der Waals surface area contributed by atoms with E-state index in [-0.39, 0.29) is 11.6 Å². The zero-order chi connectivity index (χ0) is 31.1. The number of esters is 1. The lowest BCUT2D eigenvalue weighted by Gasteiger charge is -2.14. The maximum atomic E-state index is 13.3. The van der Waals surface area contributed by atoms with Crippen molar-refractivity contribution in [2.45, 2.75) is 42.8 Å². The number of hydrogen-bond donors (Lipinski definition) is 3. The van der Waals surface area contributed by atoms with Gasteiger partial charge in [-0.05, 0) is 80.6 Å². The largest absolute Gasteiger partial charge is 0.465 e. The van der Waals surface area contributed by atoms with E-state index in [4.69, 9.17) is 9.15 Å². The molecule has 1 atom stereocenters. The van der Waals surface area contributed by atoms with Gasteiger partial charge in [-0.15, -0.1) is 23.1 Å². The minimum atomic E-state index is -0.546. The lowest BCUT2D eigenvalue weighted by Crippen LogP contribution is -2.30. The van der Waals surface area contributed by atoms with Crippen LogP contribution in [0.1, 0.15) is 56.7 Å². The Labute approximate surface area is 263 Å². The van der Waals surface area contributed by atoms with Crippen LogP contribution in [0.5, 0.6) is 0 Å². The highest BCUT2D eigenvalue weighted by atomic mass is 32.2. The van der Waals surface area contributed by atoms with E-state index in [1.165, 1.54) is 42.5 Å². The summed E-state index contributed by atoms with van der Waals surface area (Å²) < 4.78 is 10.4. The molecule has 11 heteroatoms. The Morgan fingerprint density at radius 2 is 1.77 bits per heavy atom. The summed E-state index contributed by atoms with van der Waals surface area (Å²) in [7, 11) is 1.35. The van der Waals surface area contributed by atoms with Crippen molar-refractivity contribution in [2.75, 3.05) is 17.7 Å². The lowest BCUT2D eigenvalue weighted by molar-refractivity contribution is -0.115. The van der Waals surface area contributed by atoms with Crippen molar-refractivity contribution in [2.24, 2.45) is 0 Å². The Morgan fingerprint density at radius 3 is 2.52 bits per heavy atom. The zero-order valence-electron chi connectivity index (χ0n) is 24.2. The quantitative estimate of drug-likeness (QED) is 0.103. The van der Waals surface area contributed by atoms with E-state index in [0.29, 0.717) is 27.6 Å². The number of thiophene rings is 1. The molecule has 0 radical (unpaired) electrons. The van der Waals surface area contributed by atoms with Crippen molar-refractivity contribution < 1.29 is 28.3 Å². The van der Waals surface area contributed by atoms with Crippen molar-refractivity contribution in [1.82, 2.24) is 5.32 Å². The van der Waals surface area contributed by atoms with Gasteiger partial charge in [0, 0.05) is 27.1 Å². The van der Waals surface area contributed by atoms with E-state index in [1.807, 2.05) is 6.07 Å². The summed E-state index contributed by atoms with van der Waals surface area (Å²) in [6.07, 6.45) is 6.66. The Kier molecular flexibility index (Phi) is 9.98. The number of anilines is 2. The lowest BCUT2D eigenvalue weighted by atomic mass is 9.95. The second-order valence-corrected chi connectivity index (χ2v) is 12.6. The molecule has 0 aliphatic heterocycles. The van der Waals surface area contributed by atoms with Gasteiger partial charge < -0.3 is 25.1 Å². The fourth-order valence-corrected chi connectivity index (χ4v) is 6.95. The highest BCUT2D eigenvalue weighted by Gasteiger charge is 2.28. The number of methoxy groups -OCH3 is 1. The van der Waals surface area contributed by atoms with E-state index in [2.05, 4.69) is 16.0 Å². The van der Waals surface area contributed by atoms with Crippen LogP contribution >= 0.6 is 23.1 Å². The number of nitrogens with one attached hydrogen (secondary N) is 3. The third-order valence-electron chi connectivity index (χ3n) is 6.93. The molecule has 1 aliphatic carbocycles. The van der Waals surface area contributed by atoms with Crippen LogP contribution in [0.4, 0.5) is 10.7 Å². The predicted molar refractivity (Wildman–Crippen MR) is 172 cm³/mol. The average molecular weight is 630 g/mol. The van der Waals surface area contributed by atoms with Crippen molar-refractivity contribution in [3.05, 3.63) is 106 Å². The molecule has 2 heterocycles. The summed E-state index contributed by atoms with van der Waals surface area (Å²) in [5, 5.41) is 8.46. The zero-order valence-corrected chi connectivity index (χ0v) is 25.8. The monoisotopic (exact) mass is 629 g/mol. The van der Waals surface area contributed by atoms with Gasteiger partial charge in [0.15, 0.2) is 0 Å². The summed E-state index contributed by atoms with van der Waals surface area (Å²) in [5.74, 6) is -1.28. The number of fused-ring (bicyclic) bond motifs is 1. The van der Waals surface area contributed by atoms with Gasteiger partial charge in [-0.2, -0.15) is 0 Å². The molecule has 1 unspecified atom stereocenters. The molecular weight excluding hydrogens is 599 g/mol. The van der Waals surface area contributed by atoms with Crippen LogP contribution in [0.2, 0.25) is 0 Å². The highest BCUT2D eigenvalue weighted by molar-refractivity contribution is 8.00. The van der Waals surface area contributed by atoms with Crippen molar-refractivity contribution in [1.29, 1.82) is 0 Å². The predicted octanol–water partition coefficient (Wildman–Crippen LogP) is 6.54. The van der Waals surface area contributed by atoms with Gasteiger partial charge in [0.25, 0.3) is 11.8 Å². The first-order chi connectivity index (χ1) is 21.3. The molecule has 0 spiro atoms. The molecule has 2 aromatic heterocycles. The molecule has 0 saturated heterocycles. The summed E-state index contributed by atoms with van der Waals surface area (Å²) in [6, 6.07) is 19.0. The molecule has 9 nitrogen and oxygen atoms in total. The molecule has 3 N–H and O–H groups in total. The maximum absolute atomic E-state index is 13.3. The maximum Gasteiger partial charge on any atom is 0.341 e. The third-order valence-corrected chi connectivity index (χ3v) is 9.23. The van der Waals surface area contributed by atoms with Gasteiger partial charge in [-0.25, -0.2) is 4.79 Å². The van der Waals surface area contributed by atoms with Gasteiger partial charge in [0.2, 0.25) is 5.91 Å². The van der Waals surface area contributed by atoms with E-state index in [9.17, 15) is 19.2 Å². The van der Waals surface area contributed by atoms with E-state index >= 15 is 0 Å². The number of carbonyl (C=O) groups excluding carboxylic acids is 4. The van der Waals surface area contributed by atoms with Crippen LogP contribution in [0.25, 0.3) is 6.08 Å². The minimum absolute atomic E-state index is 0.000315. The van der Waals surface area contributed by atoms with Crippen molar-refractivity contribution in [3.8, 4) is 0 Å². The van der Waals surface area contributed by atoms with Crippen LogP contribution in [0.15, 0.2) is 88.0 Å². The fraction of sp³-hybridized carbons (Fsp3) is 0.212. The van der Waals surface area contributed by atoms with Crippen LogP contribution in [0.3, 0.4) is 0 Å². The van der Waals surface area contributed by atoms with Crippen LogP contribution < -0.4 is 16.0 Å². The summed E-state index contributed by atoms with van der Waals surface area (Å²) in [4.78, 5) is 53.8. The smallest absolute Gasteiger partial charge is 0.341 e. The SMILES string of the molecule is COC(=O)c1c(NC(=O)C(C)Sc2cccc(NC(=O)/C(=C/c3ccco3)NC(=O)c3ccccc3)c2)sc2c1CCCC2. The van der Waals surface area contributed by atoms with Gasteiger partial charge >= 0.3 is 5.97 Å². The minimum Gasteiger partial charge on any atom is -0.465 e. The van der Waals surface area contributed by atoms with Crippen molar-refractivity contribution in [3.63, 3.8) is 0 Å². The summed E-state index contributed by atoms with van der Waals surface area (Å²) in [5.41, 5.74) is 2.32. The second kappa shape index (κ2) is 14.2. The Morgan fingerprint density at radius 1 is 0.977 bits per heavy atom. The number of carbonyl (C=O) groups is 4. The number of hydrogen-bond acceptors (Lipinski definition) is 8. The molecule has 0 bridgehead atoms. The molecule has 0 saturated carbocycles. The first kappa shape index (κ1) is 30.8. The molecule has 44 heavy (non-hydrogen) atoms. The number of aryl methyl sites for hydroxylation is 1. The van der Waals surface area contributed by atoms with E-state index < -0.39 is 23.0 Å². The second-order valence-electron chi connectivity index (χ2n) is 10.0. The summed E-state index contributed by atoms with van der Waals surface area (Å²) in [6.45, 7) is 1.78. The van der Waals surface area contributed by atoms with E-state index in [0.717, 1.165) is 41.0 Å². The molecular formula is C33H31N3O6S2. The molecule has 4 aromatic rings. The van der Waals surface area contributed by atoms with Gasteiger partial charge in [-0.1, -0.05) is 24.3 Å². The number of furan rings is 1. The third kappa shape index (κ3) is 7.47. The topological polar surface area (TPSA) is 127 Å². The molecule has 2 aromatic carbocycles. The number of benzene rings is 2. The Bertz CT molecular complexity index is 1700. The molecule has 1 aliphatic rings. The molecule has 5 rings (SSSR count). The van der Waals surface area contributed by atoms with Gasteiger partial charge in [0.05, 0.1) is 24.2 Å².